The van der Waals surface area contributed by atoms with Gasteiger partial charge in [0, 0.05) is 42.7 Å². The third-order valence-electron chi connectivity index (χ3n) is 5.91. The van der Waals surface area contributed by atoms with E-state index in [0.29, 0.717) is 35.6 Å². The number of benzene rings is 1. The highest BCUT2D eigenvalue weighted by Crippen LogP contribution is 2.30. The van der Waals surface area contributed by atoms with Gasteiger partial charge < -0.3 is 16.4 Å². The van der Waals surface area contributed by atoms with Crippen molar-refractivity contribution in [3.8, 4) is 0 Å². The van der Waals surface area contributed by atoms with Crippen molar-refractivity contribution in [2.24, 2.45) is 0 Å². The molecule has 2 fully saturated rings. The Labute approximate surface area is 170 Å². The van der Waals surface area contributed by atoms with Gasteiger partial charge in [0.25, 0.3) is 11.8 Å². The molecule has 1 saturated heterocycles. The first-order chi connectivity index (χ1) is 14.1. The first-order valence-electron chi connectivity index (χ1n) is 10.3. The molecule has 2 aliphatic rings. The monoisotopic (exact) mass is 393 g/mol. The SMILES string of the molecule is Nc1ccc(NC(=O)c2ccc(C(=O)NCC3CCN3C3CCCC3)cn2)cc1. The maximum absolute atomic E-state index is 12.4. The first-order valence-corrected chi connectivity index (χ1v) is 10.3. The summed E-state index contributed by atoms with van der Waals surface area (Å²) in [6.07, 6.45) is 7.80. The van der Waals surface area contributed by atoms with E-state index in [4.69, 9.17) is 5.73 Å². The van der Waals surface area contributed by atoms with Crippen molar-refractivity contribution in [2.75, 3.05) is 24.1 Å². The van der Waals surface area contributed by atoms with Gasteiger partial charge in [-0.3, -0.25) is 19.5 Å². The number of nitrogens with zero attached hydrogens (tertiary/aromatic N) is 2. The van der Waals surface area contributed by atoms with Crippen LogP contribution in [-0.4, -0.2) is 46.9 Å². The Balaban J connectivity index is 1.28. The summed E-state index contributed by atoms with van der Waals surface area (Å²) in [5, 5.41) is 5.77. The van der Waals surface area contributed by atoms with Gasteiger partial charge in [-0.25, -0.2) is 0 Å². The van der Waals surface area contributed by atoms with Crippen molar-refractivity contribution in [1.29, 1.82) is 0 Å². The minimum Gasteiger partial charge on any atom is -0.399 e. The number of carbonyl (C=O) groups is 2. The van der Waals surface area contributed by atoms with E-state index in [9.17, 15) is 9.59 Å². The molecule has 7 nitrogen and oxygen atoms in total. The van der Waals surface area contributed by atoms with Crippen LogP contribution in [0.2, 0.25) is 0 Å². The molecule has 4 rings (SSSR count). The van der Waals surface area contributed by atoms with Crippen LogP contribution in [0.4, 0.5) is 11.4 Å². The first kappa shape index (κ1) is 19.4. The van der Waals surface area contributed by atoms with E-state index in [-0.39, 0.29) is 17.5 Å². The number of hydrogen-bond acceptors (Lipinski definition) is 5. The van der Waals surface area contributed by atoms with E-state index in [1.165, 1.54) is 31.9 Å². The molecule has 1 aromatic carbocycles. The van der Waals surface area contributed by atoms with Crippen LogP contribution in [0.15, 0.2) is 42.6 Å². The molecule has 1 aliphatic carbocycles. The molecule has 152 valence electrons. The maximum Gasteiger partial charge on any atom is 0.274 e. The van der Waals surface area contributed by atoms with E-state index in [1.54, 1.807) is 36.4 Å². The molecule has 2 amide bonds. The lowest BCUT2D eigenvalue weighted by molar-refractivity contribution is 0.0425. The van der Waals surface area contributed by atoms with Crippen LogP contribution in [-0.2, 0) is 0 Å². The number of nitrogens with one attached hydrogen (secondary N) is 2. The number of likely N-dealkylation sites (tertiary alicyclic amines) is 1. The summed E-state index contributed by atoms with van der Waals surface area (Å²) in [5.41, 5.74) is 7.62. The number of aromatic nitrogens is 1. The highest BCUT2D eigenvalue weighted by molar-refractivity contribution is 6.03. The lowest BCUT2D eigenvalue weighted by Crippen LogP contribution is -2.56. The van der Waals surface area contributed by atoms with Crippen LogP contribution in [0, 0.1) is 0 Å². The van der Waals surface area contributed by atoms with E-state index >= 15 is 0 Å². The van der Waals surface area contributed by atoms with Gasteiger partial charge in [0.1, 0.15) is 5.69 Å². The number of pyridine rings is 1. The predicted octanol–water partition coefficient (Wildman–Crippen LogP) is 2.66. The summed E-state index contributed by atoms with van der Waals surface area (Å²) < 4.78 is 0. The van der Waals surface area contributed by atoms with Gasteiger partial charge in [-0.15, -0.1) is 0 Å². The quantitative estimate of drug-likeness (QED) is 0.655. The Kier molecular flexibility index (Phi) is 5.76. The molecule has 1 atom stereocenters. The Morgan fingerprint density at radius 2 is 1.79 bits per heavy atom. The van der Waals surface area contributed by atoms with Crippen molar-refractivity contribution >= 4 is 23.2 Å². The summed E-state index contributed by atoms with van der Waals surface area (Å²) >= 11 is 0. The van der Waals surface area contributed by atoms with E-state index in [1.807, 2.05) is 0 Å². The largest absolute Gasteiger partial charge is 0.399 e. The molecule has 2 aromatic rings. The van der Waals surface area contributed by atoms with Crippen molar-refractivity contribution in [3.63, 3.8) is 0 Å². The van der Waals surface area contributed by atoms with Crippen LogP contribution in [0.5, 0.6) is 0 Å². The normalized spacial score (nSPS) is 19.5. The van der Waals surface area contributed by atoms with E-state index < -0.39 is 0 Å². The molecule has 1 aromatic heterocycles. The summed E-state index contributed by atoms with van der Waals surface area (Å²) in [7, 11) is 0. The molecule has 4 N–H and O–H groups in total. The topological polar surface area (TPSA) is 100 Å². The van der Waals surface area contributed by atoms with Gasteiger partial charge in [-0.05, 0) is 55.7 Å². The standard InChI is InChI=1S/C22H27N5O2/c23-16-6-8-17(9-7-16)26-22(29)20-10-5-15(13-24-20)21(28)25-14-19-11-12-27(19)18-3-1-2-4-18/h5-10,13,18-19H,1-4,11-12,14,23H2,(H,25,28)(H,26,29). The van der Waals surface area contributed by atoms with Crippen LogP contribution >= 0.6 is 0 Å². The third kappa shape index (κ3) is 4.56. The average Bonchev–Trinajstić information content (AvgIpc) is 3.23. The number of amides is 2. The molecule has 0 bridgehead atoms. The van der Waals surface area contributed by atoms with Crippen molar-refractivity contribution < 1.29 is 9.59 Å². The van der Waals surface area contributed by atoms with Crippen molar-refractivity contribution in [3.05, 3.63) is 53.9 Å². The van der Waals surface area contributed by atoms with Gasteiger partial charge in [0.15, 0.2) is 0 Å². The smallest absolute Gasteiger partial charge is 0.274 e. The maximum atomic E-state index is 12.4. The van der Waals surface area contributed by atoms with E-state index in [0.717, 1.165) is 13.0 Å². The van der Waals surface area contributed by atoms with Gasteiger partial charge in [-0.1, -0.05) is 12.8 Å². The summed E-state index contributed by atoms with van der Waals surface area (Å²) in [6.45, 7) is 1.80. The zero-order valence-electron chi connectivity index (χ0n) is 16.4. The van der Waals surface area contributed by atoms with Gasteiger partial charge in [-0.2, -0.15) is 0 Å². The van der Waals surface area contributed by atoms with Gasteiger partial charge >= 0.3 is 0 Å². The van der Waals surface area contributed by atoms with Crippen LogP contribution in [0.3, 0.4) is 0 Å². The average molecular weight is 393 g/mol. The molecule has 29 heavy (non-hydrogen) atoms. The highest BCUT2D eigenvalue weighted by Gasteiger charge is 2.35. The predicted molar refractivity (Wildman–Crippen MR) is 113 cm³/mol. The molecule has 7 heteroatoms. The van der Waals surface area contributed by atoms with Crippen molar-refractivity contribution in [2.45, 2.75) is 44.2 Å². The fourth-order valence-corrected chi connectivity index (χ4v) is 4.13. The summed E-state index contributed by atoms with van der Waals surface area (Å²) in [5.74, 6) is -0.482. The molecule has 0 spiro atoms. The Hall–Kier alpha value is -2.93. The van der Waals surface area contributed by atoms with Crippen LogP contribution in [0.1, 0.15) is 53.0 Å². The fourth-order valence-electron chi connectivity index (χ4n) is 4.13. The number of anilines is 2. The third-order valence-corrected chi connectivity index (χ3v) is 5.91. The second kappa shape index (κ2) is 8.61. The van der Waals surface area contributed by atoms with E-state index in [2.05, 4.69) is 20.5 Å². The van der Waals surface area contributed by atoms with Gasteiger partial charge in [0.05, 0.1) is 5.56 Å². The van der Waals surface area contributed by atoms with Crippen LogP contribution < -0.4 is 16.4 Å². The number of hydrogen-bond donors (Lipinski definition) is 3. The number of nitrogens with two attached hydrogens (primary N) is 1. The summed E-state index contributed by atoms with van der Waals surface area (Å²) in [4.78, 5) is 31.4. The Bertz CT molecular complexity index is 860. The lowest BCUT2D eigenvalue weighted by Gasteiger charge is -2.45. The Morgan fingerprint density at radius 3 is 2.41 bits per heavy atom. The second-order valence-corrected chi connectivity index (χ2v) is 7.84. The Morgan fingerprint density at radius 1 is 1.03 bits per heavy atom. The molecule has 1 aliphatic heterocycles. The van der Waals surface area contributed by atoms with Crippen molar-refractivity contribution in [1.82, 2.24) is 15.2 Å². The number of rotatable bonds is 6. The lowest BCUT2D eigenvalue weighted by atomic mass is 9.98. The zero-order chi connectivity index (χ0) is 20.2. The molecule has 2 heterocycles. The molecular formula is C22H27N5O2. The number of nitrogen functional groups attached to an aromatic ring is 1. The van der Waals surface area contributed by atoms with Gasteiger partial charge in [0.2, 0.25) is 0 Å². The minimum atomic E-state index is -0.330. The molecular weight excluding hydrogens is 366 g/mol. The molecule has 1 saturated carbocycles. The second-order valence-electron chi connectivity index (χ2n) is 7.84. The zero-order valence-corrected chi connectivity index (χ0v) is 16.4. The highest BCUT2D eigenvalue weighted by atomic mass is 16.2. The molecule has 1 unspecified atom stereocenters. The molecule has 0 radical (unpaired) electrons. The summed E-state index contributed by atoms with van der Waals surface area (Å²) in [6, 6.07) is 11.2. The fraction of sp³-hybridized carbons (Fsp3) is 0.409. The number of carbonyl (C=O) groups excluding carboxylic acids is 2. The van der Waals surface area contributed by atoms with Crippen LogP contribution in [0.25, 0.3) is 0 Å². The minimum absolute atomic E-state index is 0.152.